The average molecular weight is 292 g/mol. The molecule has 2 aromatic rings. The zero-order valence-corrected chi connectivity index (χ0v) is 12.4. The van der Waals surface area contributed by atoms with Gasteiger partial charge in [0, 0.05) is 24.7 Å². The quantitative estimate of drug-likeness (QED) is 0.941. The summed E-state index contributed by atoms with van der Waals surface area (Å²) >= 11 is 6.00. The second-order valence-electron chi connectivity index (χ2n) is 5.09. The molecule has 1 atom stereocenters. The van der Waals surface area contributed by atoms with E-state index in [4.69, 9.17) is 16.3 Å². The van der Waals surface area contributed by atoms with Gasteiger partial charge in [0.2, 0.25) is 0 Å². The third-order valence-electron chi connectivity index (χ3n) is 3.52. The van der Waals surface area contributed by atoms with Crippen LogP contribution in [0.3, 0.4) is 0 Å². The van der Waals surface area contributed by atoms with Gasteiger partial charge in [0.15, 0.2) is 0 Å². The fourth-order valence-electron chi connectivity index (χ4n) is 2.57. The SMILES string of the molecule is CCc1nn(C)cc1NCC1Cc2cc(Cl)ccc2O1. The summed E-state index contributed by atoms with van der Waals surface area (Å²) in [4.78, 5) is 0. The second kappa shape index (κ2) is 5.37. The van der Waals surface area contributed by atoms with Gasteiger partial charge in [-0.1, -0.05) is 18.5 Å². The molecule has 1 unspecified atom stereocenters. The van der Waals surface area contributed by atoms with Gasteiger partial charge >= 0.3 is 0 Å². The van der Waals surface area contributed by atoms with Crippen LogP contribution in [-0.4, -0.2) is 22.4 Å². The average Bonchev–Trinajstić information content (AvgIpc) is 2.98. The Morgan fingerprint density at radius 1 is 1.50 bits per heavy atom. The van der Waals surface area contributed by atoms with Crippen molar-refractivity contribution in [3.8, 4) is 5.75 Å². The van der Waals surface area contributed by atoms with Gasteiger partial charge in [0.1, 0.15) is 11.9 Å². The lowest BCUT2D eigenvalue weighted by molar-refractivity contribution is 0.246. The molecule has 1 aromatic heterocycles. The number of benzene rings is 1. The van der Waals surface area contributed by atoms with Gasteiger partial charge in [0.05, 0.1) is 17.9 Å². The van der Waals surface area contributed by atoms with Crippen molar-refractivity contribution in [3.63, 3.8) is 0 Å². The standard InChI is InChI=1S/C15H18ClN3O/c1-3-13-14(9-19(2)18-13)17-8-12-7-10-6-11(16)4-5-15(10)20-12/h4-6,9,12,17H,3,7-8H2,1-2H3. The van der Waals surface area contributed by atoms with E-state index in [0.717, 1.165) is 41.5 Å². The van der Waals surface area contributed by atoms with E-state index in [9.17, 15) is 0 Å². The first-order valence-electron chi connectivity index (χ1n) is 6.87. The summed E-state index contributed by atoms with van der Waals surface area (Å²) in [5.41, 5.74) is 3.37. The molecule has 0 aliphatic carbocycles. The first-order valence-corrected chi connectivity index (χ1v) is 7.25. The highest BCUT2D eigenvalue weighted by molar-refractivity contribution is 6.30. The van der Waals surface area contributed by atoms with Crippen LogP contribution in [0.4, 0.5) is 5.69 Å². The van der Waals surface area contributed by atoms with Gasteiger partial charge in [-0.25, -0.2) is 0 Å². The molecule has 0 radical (unpaired) electrons. The molecule has 2 heterocycles. The summed E-state index contributed by atoms with van der Waals surface area (Å²) in [6.45, 7) is 2.88. The molecule has 4 nitrogen and oxygen atoms in total. The van der Waals surface area contributed by atoms with Gasteiger partial charge < -0.3 is 10.1 Å². The van der Waals surface area contributed by atoms with Crippen molar-refractivity contribution in [1.29, 1.82) is 0 Å². The minimum absolute atomic E-state index is 0.147. The topological polar surface area (TPSA) is 39.1 Å². The number of aromatic nitrogens is 2. The molecule has 0 fully saturated rings. The van der Waals surface area contributed by atoms with Crippen molar-refractivity contribution in [3.05, 3.63) is 40.7 Å². The van der Waals surface area contributed by atoms with Crippen LogP contribution >= 0.6 is 11.6 Å². The van der Waals surface area contributed by atoms with Gasteiger partial charge in [-0.15, -0.1) is 0 Å². The molecule has 1 N–H and O–H groups in total. The van der Waals surface area contributed by atoms with Crippen molar-refractivity contribution in [2.24, 2.45) is 7.05 Å². The number of rotatable bonds is 4. The predicted octanol–water partition coefficient (Wildman–Crippen LogP) is 3.05. The summed E-state index contributed by atoms with van der Waals surface area (Å²) < 4.78 is 7.75. The zero-order chi connectivity index (χ0) is 14.1. The largest absolute Gasteiger partial charge is 0.488 e. The molecule has 0 saturated carbocycles. The van der Waals surface area contributed by atoms with Gasteiger partial charge in [0.25, 0.3) is 0 Å². The Balaban J connectivity index is 1.63. The number of anilines is 1. The van der Waals surface area contributed by atoms with E-state index in [0.29, 0.717) is 0 Å². The normalized spacial score (nSPS) is 16.9. The van der Waals surface area contributed by atoms with Crippen molar-refractivity contribution < 1.29 is 4.74 Å². The Morgan fingerprint density at radius 2 is 2.35 bits per heavy atom. The lowest BCUT2D eigenvalue weighted by Gasteiger charge is -2.12. The monoisotopic (exact) mass is 291 g/mol. The van der Waals surface area contributed by atoms with E-state index in [1.54, 1.807) is 0 Å². The number of aryl methyl sites for hydroxylation is 2. The first kappa shape index (κ1) is 13.3. The molecule has 0 bridgehead atoms. The smallest absolute Gasteiger partial charge is 0.123 e. The molecule has 1 aliphatic heterocycles. The Labute approximate surface area is 123 Å². The number of hydrogen-bond donors (Lipinski definition) is 1. The lowest BCUT2D eigenvalue weighted by Crippen LogP contribution is -2.24. The summed E-state index contributed by atoms with van der Waals surface area (Å²) in [5.74, 6) is 0.947. The van der Waals surface area contributed by atoms with Crippen LogP contribution in [0.5, 0.6) is 5.75 Å². The molecule has 0 spiro atoms. The Kier molecular flexibility index (Phi) is 3.57. The molecular weight excluding hydrogens is 274 g/mol. The lowest BCUT2D eigenvalue weighted by atomic mass is 10.1. The second-order valence-corrected chi connectivity index (χ2v) is 5.53. The number of ether oxygens (including phenoxy) is 1. The summed E-state index contributed by atoms with van der Waals surface area (Å²) in [5, 5.41) is 8.62. The first-order chi connectivity index (χ1) is 9.65. The molecule has 1 aromatic carbocycles. The molecule has 3 rings (SSSR count). The van der Waals surface area contributed by atoms with Crippen LogP contribution in [0.2, 0.25) is 5.02 Å². The molecule has 0 saturated heterocycles. The van der Waals surface area contributed by atoms with Crippen LogP contribution in [0.15, 0.2) is 24.4 Å². The minimum atomic E-state index is 0.147. The number of hydrogen-bond acceptors (Lipinski definition) is 3. The zero-order valence-electron chi connectivity index (χ0n) is 11.7. The maximum absolute atomic E-state index is 6.00. The number of nitrogens with one attached hydrogen (secondary N) is 1. The molecular formula is C15H18ClN3O. The number of fused-ring (bicyclic) bond motifs is 1. The van der Waals surface area contributed by atoms with Crippen LogP contribution < -0.4 is 10.1 Å². The fourth-order valence-corrected chi connectivity index (χ4v) is 2.76. The van der Waals surface area contributed by atoms with Crippen LogP contribution in [0.25, 0.3) is 0 Å². The van der Waals surface area contributed by atoms with Gasteiger partial charge in [-0.3, -0.25) is 4.68 Å². The van der Waals surface area contributed by atoms with Crippen molar-refractivity contribution in [1.82, 2.24) is 9.78 Å². The predicted molar refractivity (Wildman–Crippen MR) is 80.6 cm³/mol. The molecule has 5 heteroatoms. The van der Waals surface area contributed by atoms with Crippen molar-refractivity contribution in [2.45, 2.75) is 25.9 Å². The summed E-state index contributed by atoms with van der Waals surface area (Å²) in [6, 6.07) is 5.80. The van der Waals surface area contributed by atoms with E-state index < -0.39 is 0 Å². The Bertz CT molecular complexity index is 624. The highest BCUT2D eigenvalue weighted by Gasteiger charge is 2.23. The van der Waals surface area contributed by atoms with Gasteiger partial charge in [-0.2, -0.15) is 5.10 Å². The van der Waals surface area contributed by atoms with E-state index in [1.807, 2.05) is 36.1 Å². The third kappa shape index (κ3) is 2.61. The number of nitrogens with zero attached hydrogens (tertiary/aromatic N) is 2. The van der Waals surface area contributed by atoms with Gasteiger partial charge in [-0.05, 0) is 30.2 Å². The summed E-state index contributed by atoms with van der Waals surface area (Å²) in [7, 11) is 1.94. The fraction of sp³-hybridized carbons (Fsp3) is 0.400. The minimum Gasteiger partial charge on any atom is -0.488 e. The van der Waals surface area contributed by atoms with E-state index >= 15 is 0 Å². The van der Waals surface area contributed by atoms with Crippen molar-refractivity contribution >= 4 is 17.3 Å². The Morgan fingerprint density at radius 3 is 3.15 bits per heavy atom. The molecule has 0 amide bonds. The van der Waals surface area contributed by atoms with E-state index in [-0.39, 0.29) is 6.10 Å². The Hall–Kier alpha value is -1.68. The van der Waals surface area contributed by atoms with Crippen LogP contribution in [0, 0.1) is 0 Å². The van der Waals surface area contributed by atoms with Crippen molar-refractivity contribution in [2.75, 3.05) is 11.9 Å². The van der Waals surface area contributed by atoms with E-state index in [2.05, 4.69) is 17.3 Å². The highest BCUT2D eigenvalue weighted by Crippen LogP contribution is 2.31. The van der Waals surface area contributed by atoms with Crippen LogP contribution in [0.1, 0.15) is 18.2 Å². The highest BCUT2D eigenvalue weighted by atomic mass is 35.5. The molecule has 106 valence electrons. The maximum atomic E-state index is 6.00. The summed E-state index contributed by atoms with van der Waals surface area (Å²) in [6.07, 6.45) is 3.97. The molecule has 20 heavy (non-hydrogen) atoms. The third-order valence-corrected chi connectivity index (χ3v) is 3.76. The number of halogens is 1. The molecule has 1 aliphatic rings. The van der Waals surface area contributed by atoms with E-state index in [1.165, 1.54) is 5.56 Å². The maximum Gasteiger partial charge on any atom is 0.123 e. The van der Waals surface area contributed by atoms with Crippen LogP contribution in [-0.2, 0) is 19.9 Å².